The minimum atomic E-state index is -0.211. The first-order valence-corrected chi connectivity index (χ1v) is 9.41. The van der Waals surface area contributed by atoms with Gasteiger partial charge in [-0.15, -0.1) is 0 Å². The largest absolute Gasteiger partial charge is 0.364 e. The van der Waals surface area contributed by atoms with Gasteiger partial charge in [0.2, 0.25) is 5.91 Å². The topological polar surface area (TPSA) is 41.6 Å². The Morgan fingerprint density at radius 2 is 2.32 bits per heavy atom. The molecule has 3 aliphatic rings. The second-order valence-electron chi connectivity index (χ2n) is 6.95. The van der Waals surface area contributed by atoms with Crippen LogP contribution in [0.4, 0.5) is 0 Å². The van der Waals surface area contributed by atoms with E-state index in [-0.39, 0.29) is 18.1 Å². The lowest BCUT2D eigenvalue weighted by Gasteiger charge is -2.33. The fourth-order valence-corrected chi connectivity index (χ4v) is 4.45. The van der Waals surface area contributed by atoms with Crippen molar-refractivity contribution in [1.82, 2.24) is 10.2 Å². The summed E-state index contributed by atoms with van der Waals surface area (Å²) < 4.78 is 6.09. The van der Waals surface area contributed by atoms with Crippen LogP contribution in [-0.4, -0.2) is 42.1 Å². The summed E-state index contributed by atoms with van der Waals surface area (Å²) in [4.78, 5) is 14.7. The van der Waals surface area contributed by atoms with Crippen molar-refractivity contribution >= 4 is 17.2 Å². The molecule has 0 bridgehead atoms. The van der Waals surface area contributed by atoms with Crippen LogP contribution in [0.2, 0.25) is 0 Å². The number of amides is 1. The zero-order chi connectivity index (χ0) is 14.9. The predicted octanol–water partition coefficient (Wildman–Crippen LogP) is 2.40. The summed E-state index contributed by atoms with van der Waals surface area (Å²) >= 11 is 1.75. The SMILES string of the molecule is O=C(NC1CCC1)[C@@H]1C[C@@H]2CCN(Cc3ccsc3)C[C@H]2O1. The highest BCUT2D eigenvalue weighted by Gasteiger charge is 2.42. The van der Waals surface area contributed by atoms with Crippen molar-refractivity contribution in [3.63, 3.8) is 0 Å². The van der Waals surface area contributed by atoms with E-state index >= 15 is 0 Å². The van der Waals surface area contributed by atoms with E-state index in [0.29, 0.717) is 12.0 Å². The molecule has 120 valence electrons. The van der Waals surface area contributed by atoms with Gasteiger partial charge in [-0.3, -0.25) is 9.69 Å². The van der Waals surface area contributed by atoms with Crippen LogP contribution in [0.5, 0.6) is 0 Å². The molecule has 2 saturated heterocycles. The van der Waals surface area contributed by atoms with Crippen LogP contribution in [0.25, 0.3) is 0 Å². The predicted molar refractivity (Wildman–Crippen MR) is 86.8 cm³/mol. The number of piperidine rings is 1. The number of thiophene rings is 1. The Balaban J connectivity index is 1.30. The van der Waals surface area contributed by atoms with E-state index in [1.807, 2.05) is 0 Å². The summed E-state index contributed by atoms with van der Waals surface area (Å²) in [6.45, 7) is 3.10. The highest BCUT2D eigenvalue weighted by atomic mass is 32.1. The third-order valence-electron chi connectivity index (χ3n) is 5.37. The molecule has 0 unspecified atom stereocenters. The average molecular weight is 320 g/mol. The average Bonchev–Trinajstić information content (AvgIpc) is 3.11. The smallest absolute Gasteiger partial charge is 0.249 e. The van der Waals surface area contributed by atoms with E-state index in [2.05, 4.69) is 27.0 Å². The fourth-order valence-electron chi connectivity index (χ4n) is 3.79. The Bertz CT molecular complexity index is 515. The van der Waals surface area contributed by atoms with Crippen molar-refractivity contribution in [3.05, 3.63) is 22.4 Å². The second-order valence-corrected chi connectivity index (χ2v) is 7.73. The molecule has 1 N–H and O–H groups in total. The summed E-state index contributed by atoms with van der Waals surface area (Å²) in [5.41, 5.74) is 1.39. The van der Waals surface area contributed by atoms with Crippen molar-refractivity contribution in [2.45, 2.75) is 56.9 Å². The zero-order valence-corrected chi connectivity index (χ0v) is 13.7. The number of hydrogen-bond acceptors (Lipinski definition) is 4. The molecule has 1 saturated carbocycles. The van der Waals surface area contributed by atoms with Crippen LogP contribution < -0.4 is 5.32 Å². The highest BCUT2D eigenvalue weighted by Crippen LogP contribution is 2.34. The van der Waals surface area contributed by atoms with Gasteiger partial charge in [-0.2, -0.15) is 11.3 Å². The third-order valence-corrected chi connectivity index (χ3v) is 6.10. The molecule has 4 nitrogen and oxygen atoms in total. The molecular weight excluding hydrogens is 296 g/mol. The monoisotopic (exact) mass is 320 g/mol. The Morgan fingerprint density at radius 1 is 1.41 bits per heavy atom. The van der Waals surface area contributed by atoms with E-state index in [0.717, 1.165) is 45.3 Å². The van der Waals surface area contributed by atoms with Crippen molar-refractivity contribution in [1.29, 1.82) is 0 Å². The zero-order valence-electron chi connectivity index (χ0n) is 12.9. The molecule has 1 aromatic heterocycles. The molecule has 0 aromatic carbocycles. The first kappa shape index (κ1) is 14.7. The van der Waals surface area contributed by atoms with Gasteiger partial charge >= 0.3 is 0 Å². The van der Waals surface area contributed by atoms with Crippen LogP contribution in [-0.2, 0) is 16.1 Å². The second kappa shape index (κ2) is 6.30. The van der Waals surface area contributed by atoms with E-state index in [9.17, 15) is 4.79 Å². The molecule has 1 aliphatic carbocycles. The lowest BCUT2D eigenvalue weighted by Crippen LogP contribution is -2.45. The maximum absolute atomic E-state index is 12.3. The van der Waals surface area contributed by atoms with Crippen LogP contribution in [0.3, 0.4) is 0 Å². The van der Waals surface area contributed by atoms with Crippen molar-refractivity contribution in [3.8, 4) is 0 Å². The Labute approximate surface area is 135 Å². The molecule has 22 heavy (non-hydrogen) atoms. The maximum Gasteiger partial charge on any atom is 0.249 e. The molecule has 2 aliphatic heterocycles. The Morgan fingerprint density at radius 3 is 3.05 bits per heavy atom. The third kappa shape index (κ3) is 3.07. The normalized spacial score (nSPS) is 32.5. The van der Waals surface area contributed by atoms with E-state index < -0.39 is 0 Å². The number of fused-ring (bicyclic) bond motifs is 1. The number of nitrogens with one attached hydrogen (secondary N) is 1. The molecule has 0 spiro atoms. The Hall–Kier alpha value is -0.910. The van der Waals surface area contributed by atoms with Gasteiger partial charge in [-0.05, 0) is 67.0 Å². The summed E-state index contributed by atoms with van der Waals surface area (Å²) in [5, 5.41) is 7.49. The molecule has 3 fully saturated rings. The molecule has 3 atom stereocenters. The van der Waals surface area contributed by atoms with Gasteiger partial charge in [0.15, 0.2) is 0 Å². The van der Waals surface area contributed by atoms with Gasteiger partial charge in [-0.25, -0.2) is 0 Å². The number of nitrogens with zero attached hydrogens (tertiary/aromatic N) is 1. The summed E-state index contributed by atoms with van der Waals surface area (Å²) in [7, 11) is 0. The van der Waals surface area contributed by atoms with Gasteiger partial charge < -0.3 is 10.1 Å². The minimum Gasteiger partial charge on any atom is -0.364 e. The van der Waals surface area contributed by atoms with E-state index in [1.165, 1.54) is 12.0 Å². The number of carbonyl (C=O) groups excluding carboxylic acids is 1. The van der Waals surface area contributed by atoms with Gasteiger partial charge in [0, 0.05) is 19.1 Å². The molecule has 5 heteroatoms. The Kier molecular flexibility index (Phi) is 4.20. The van der Waals surface area contributed by atoms with Crippen molar-refractivity contribution < 1.29 is 9.53 Å². The number of ether oxygens (including phenoxy) is 1. The molecule has 3 heterocycles. The number of hydrogen-bond donors (Lipinski definition) is 1. The number of carbonyl (C=O) groups is 1. The first-order valence-electron chi connectivity index (χ1n) is 8.47. The number of rotatable bonds is 4. The molecule has 0 radical (unpaired) electrons. The summed E-state index contributed by atoms with van der Waals surface area (Å²) in [6, 6.07) is 2.61. The minimum absolute atomic E-state index is 0.128. The molecule has 1 aromatic rings. The van der Waals surface area contributed by atoms with E-state index in [1.54, 1.807) is 11.3 Å². The fraction of sp³-hybridized carbons (Fsp3) is 0.706. The van der Waals surface area contributed by atoms with Gasteiger partial charge in [0.25, 0.3) is 0 Å². The van der Waals surface area contributed by atoms with Crippen LogP contribution in [0.15, 0.2) is 16.8 Å². The van der Waals surface area contributed by atoms with E-state index in [4.69, 9.17) is 4.74 Å². The van der Waals surface area contributed by atoms with Gasteiger partial charge in [0.1, 0.15) is 6.10 Å². The number of likely N-dealkylation sites (tertiary alicyclic amines) is 1. The summed E-state index contributed by atoms with van der Waals surface area (Å²) in [5.74, 6) is 0.694. The lowest BCUT2D eigenvalue weighted by molar-refractivity contribution is -0.134. The van der Waals surface area contributed by atoms with Crippen molar-refractivity contribution in [2.75, 3.05) is 13.1 Å². The lowest BCUT2D eigenvalue weighted by atomic mass is 9.90. The highest BCUT2D eigenvalue weighted by molar-refractivity contribution is 7.07. The molecule has 1 amide bonds. The van der Waals surface area contributed by atoms with Crippen LogP contribution in [0, 0.1) is 5.92 Å². The van der Waals surface area contributed by atoms with Gasteiger partial charge in [-0.1, -0.05) is 0 Å². The summed E-state index contributed by atoms with van der Waals surface area (Å²) in [6.07, 6.45) is 5.62. The van der Waals surface area contributed by atoms with Crippen LogP contribution in [0.1, 0.15) is 37.7 Å². The molecular formula is C17H24N2O2S. The quantitative estimate of drug-likeness (QED) is 0.926. The standard InChI is InChI=1S/C17H24N2O2S/c20-17(18-14-2-1-3-14)15-8-13-4-6-19(10-16(13)21-15)9-12-5-7-22-11-12/h5,7,11,13-16H,1-4,6,8-10H2,(H,18,20)/t13-,15-,16+/m0/s1. The van der Waals surface area contributed by atoms with Gasteiger partial charge in [0.05, 0.1) is 6.10 Å². The maximum atomic E-state index is 12.3. The molecule has 4 rings (SSSR count). The van der Waals surface area contributed by atoms with Crippen LogP contribution >= 0.6 is 11.3 Å². The van der Waals surface area contributed by atoms with Crippen molar-refractivity contribution in [2.24, 2.45) is 5.92 Å². The first-order chi connectivity index (χ1) is 10.8.